The average molecular weight is 2020 g/mol. The van der Waals surface area contributed by atoms with Gasteiger partial charge in [0.2, 0.25) is 23.6 Å². The van der Waals surface area contributed by atoms with Crippen molar-refractivity contribution in [3.8, 4) is 61.8 Å². The Morgan fingerprint density at radius 1 is 0.380 bits per heavy atom. The van der Waals surface area contributed by atoms with Crippen LogP contribution in [0.25, 0.3) is 66.3 Å². The van der Waals surface area contributed by atoms with E-state index >= 15 is 0 Å². The number of fused-ring (bicyclic) bond motifs is 4. The van der Waals surface area contributed by atoms with Crippen LogP contribution in [0.4, 0.5) is 30.7 Å². The fourth-order valence-electron chi connectivity index (χ4n) is 19.8. The molecule has 150 heavy (non-hydrogen) atoms. The smallest absolute Gasteiger partial charge is 0.435 e. The Balaban J connectivity index is 0.000000136. The van der Waals surface area contributed by atoms with Crippen LogP contribution >= 0.6 is 0 Å². The number of phenols is 2. The number of ether oxygens (including phenoxy) is 1. The standard InChI is InChI=1S/C31H31F3N4O.C31H29N3O2.C30H29F3N4O2.C30H26FN3O2/c1-2-21-14-16-23(17-15-21)24-12-8-18-35-29(24)26(19-22-9-4-3-5-10-22)36-28(39)20-38-27-13-7-6-11-25(27)30(37-38)31(32,33)34;1-2-21-10-12-23(13-11-21)26-9-6-16-32-31(26)29(17-22-7-4-3-5-8-22)34-30(36)18-24-20-33-28-15-14-25(35)19-27(24)28;1-39-22-15-13-21(14-16-22)23-11-7-17-34-28(23)25(18-20-8-3-2-4-9-20)35-27(38)19-37-26-12-6-5-10-24(26)29(36-37)30(31,32)33;1-19-6-2-3-9-24(19)25-10-5-13-32-30(25)28(15-20-7-4-8-22(31)14-20)34-29(36)16-21-18-33-27-12-11-23(35)17-26(21)27/h3-5,8-10,12,14-18,26H,2,6-7,11,13,19-20H2,1H3,(H,36,39);3-16,19-20,29,33,35H,2,17-18H2,1H3,(H,34,36);2-4,7-9,11,13-17,25H,5-6,10,12,18-19H2,1H3,(H,35,38);2-14,17-18,28,33,35H,15-16H2,1H3,(H,34,36)/t26-;29-;25-;28-/m0110/s1. The molecular formula is C122H115F7N14O7. The summed E-state index contributed by atoms with van der Waals surface area (Å²) in [5, 5.41) is 41.7. The van der Waals surface area contributed by atoms with Gasteiger partial charge in [-0.25, -0.2) is 4.39 Å². The fourth-order valence-corrected chi connectivity index (χ4v) is 19.8. The first-order chi connectivity index (χ1) is 72.7. The van der Waals surface area contributed by atoms with Gasteiger partial charge in [0.15, 0.2) is 11.4 Å². The Morgan fingerprint density at radius 2 is 0.727 bits per heavy atom. The summed E-state index contributed by atoms with van der Waals surface area (Å²) in [5.41, 5.74) is 21.2. The van der Waals surface area contributed by atoms with Gasteiger partial charge in [0, 0.05) is 104 Å². The number of methoxy groups -OCH3 is 1. The highest BCUT2D eigenvalue weighted by Crippen LogP contribution is 2.42. The predicted octanol–water partition coefficient (Wildman–Crippen LogP) is 24.6. The molecule has 0 radical (unpaired) electrons. The van der Waals surface area contributed by atoms with E-state index in [0.717, 1.165) is 148 Å². The number of rotatable bonds is 31. The monoisotopic (exact) mass is 2020 g/mol. The number of phenolic OH excluding ortho intramolecular Hbond substituents is 2. The number of H-pyrrole nitrogens is 2. The Morgan fingerprint density at radius 3 is 1.11 bits per heavy atom. The van der Waals surface area contributed by atoms with E-state index in [1.165, 1.54) is 32.6 Å². The van der Waals surface area contributed by atoms with Crippen molar-refractivity contribution in [2.45, 2.75) is 173 Å². The molecule has 0 unspecified atom stereocenters. The number of hydrogen-bond acceptors (Lipinski definition) is 13. The zero-order chi connectivity index (χ0) is 105. The van der Waals surface area contributed by atoms with Gasteiger partial charge in [0.05, 0.1) is 66.9 Å². The number of benzene rings is 10. The van der Waals surface area contributed by atoms with Crippen molar-refractivity contribution in [1.29, 1.82) is 0 Å². The molecule has 2 aliphatic carbocycles. The maximum Gasteiger partial charge on any atom is 0.435 e. The third-order valence-corrected chi connectivity index (χ3v) is 27.2. The fraction of sp³-hybridized carbons (Fsp3) is 0.230. The topological polar surface area (TPSA) is 285 Å². The van der Waals surface area contributed by atoms with Crippen LogP contribution in [-0.4, -0.2) is 90.4 Å². The lowest BCUT2D eigenvalue weighted by atomic mass is 9.93. The van der Waals surface area contributed by atoms with E-state index in [1.807, 2.05) is 195 Å². The van der Waals surface area contributed by atoms with Crippen molar-refractivity contribution in [3.63, 3.8) is 0 Å². The number of aryl methyl sites for hydroxylation is 3. The van der Waals surface area contributed by atoms with Gasteiger partial charge < -0.3 is 46.2 Å². The van der Waals surface area contributed by atoms with Crippen molar-refractivity contribution >= 4 is 45.4 Å². The highest BCUT2D eigenvalue weighted by Gasteiger charge is 2.42. The second-order valence-corrected chi connectivity index (χ2v) is 37.5. The van der Waals surface area contributed by atoms with E-state index in [2.05, 4.69) is 137 Å². The summed E-state index contributed by atoms with van der Waals surface area (Å²) in [6.45, 7) is 5.71. The van der Waals surface area contributed by atoms with E-state index < -0.39 is 53.7 Å². The number of carbonyl (C=O) groups excluding carboxylic acids is 4. The molecule has 21 nitrogen and oxygen atoms in total. The minimum Gasteiger partial charge on any atom is -0.508 e. The third-order valence-electron chi connectivity index (χ3n) is 27.2. The largest absolute Gasteiger partial charge is 0.508 e. The first kappa shape index (κ1) is 104. The Hall–Kier alpha value is -16.9. The molecule has 0 spiro atoms. The molecule has 2 aliphatic rings. The average Bonchev–Trinajstić information content (AvgIpc) is 1.62. The van der Waals surface area contributed by atoms with E-state index in [9.17, 15) is 60.1 Å². The second kappa shape index (κ2) is 48.6. The highest BCUT2D eigenvalue weighted by molar-refractivity contribution is 5.92. The molecule has 20 rings (SSSR count). The first-order valence-corrected chi connectivity index (χ1v) is 50.4. The van der Waals surface area contributed by atoms with E-state index in [4.69, 9.17) is 9.72 Å². The predicted molar refractivity (Wildman–Crippen MR) is 568 cm³/mol. The first-order valence-electron chi connectivity index (χ1n) is 50.4. The number of halogens is 7. The molecule has 0 saturated carbocycles. The number of pyridine rings is 4. The number of aromatic amines is 2. The van der Waals surface area contributed by atoms with Crippen LogP contribution in [0.2, 0.25) is 0 Å². The number of nitrogens with zero attached hydrogens (tertiary/aromatic N) is 8. The van der Waals surface area contributed by atoms with E-state index in [-0.39, 0.29) is 72.2 Å². The Labute approximate surface area is 865 Å². The van der Waals surface area contributed by atoms with Gasteiger partial charge >= 0.3 is 12.4 Å². The highest BCUT2D eigenvalue weighted by atomic mass is 19.4. The number of carbonyl (C=O) groups is 4. The molecule has 4 amide bonds. The van der Waals surface area contributed by atoms with Crippen molar-refractivity contribution in [2.24, 2.45) is 0 Å². The molecule has 0 saturated heterocycles. The third kappa shape index (κ3) is 26.4. The van der Waals surface area contributed by atoms with Crippen LogP contribution in [-0.2, 0) is 122 Å². The molecular weight excluding hydrogens is 1910 g/mol. The number of amides is 4. The molecule has 0 aliphatic heterocycles. The van der Waals surface area contributed by atoms with Gasteiger partial charge in [0.1, 0.15) is 36.2 Å². The van der Waals surface area contributed by atoms with Crippen LogP contribution in [0.3, 0.4) is 0 Å². The Bertz CT molecular complexity index is 7470. The minimum absolute atomic E-state index is 0.0990. The van der Waals surface area contributed by atoms with Gasteiger partial charge in [0.25, 0.3) is 0 Å². The summed E-state index contributed by atoms with van der Waals surface area (Å²) in [5.74, 6) is -0.400. The number of nitrogens with one attached hydrogen (secondary N) is 6. The van der Waals surface area contributed by atoms with Crippen LogP contribution in [0.15, 0.2) is 334 Å². The van der Waals surface area contributed by atoms with Crippen LogP contribution in [0, 0.1) is 12.7 Å². The molecule has 8 N–H and O–H groups in total. The SMILES string of the molecule is CCc1ccc(-c2cccnc2[C@@H](Cc2ccccc2)NC(=O)Cc2c[nH]c3ccc(O)cc23)cc1.CCc1ccc(-c2cccnc2[C@H](Cc2ccccc2)NC(=O)Cn2nc(C(F)(F)F)c3c2CCCC3)cc1.COc1ccc(-c2cccnc2[C@@H](Cc2ccccc2)NC(=O)Cn2nc(C(F)(F)F)c3c2CCCC3)cc1.Cc1ccccc1-c1cccnc1[C@H](Cc1cccc(F)c1)NC(=O)Cc1c[nH]c2ccc(O)cc12. The van der Waals surface area contributed by atoms with Crippen molar-refractivity contribution in [3.05, 3.63) is 447 Å². The summed E-state index contributed by atoms with van der Waals surface area (Å²) in [6.07, 6.45) is 10.1. The number of aromatic nitrogens is 10. The Kier molecular flexibility index (Phi) is 33.9. The van der Waals surface area contributed by atoms with Gasteiger partial charge in [-0.3, -0.25) is 48.5 Å². The lowest BCUT2D eigenvalue weighted by molar-refractivity contribution is -0.143. The lowest BCUT2D eigenvalue weighted by Crippen LogP contribution is -2.34. The molecule has 4 atom stereocenters. The number of alkyl halides is 6. The van der Waals surface area contributed by atoms with Crippen molar-refractivity contribution in [2.75, 3.05) is 7.11 Å². The maximum absolute atomic E-state index is 14.0. The zero-order valence-corrected chi connectivity index (χ0v) is 83.5. The van der Waals surface area contributed by atoms with Crippen molar-refractivity contribution in [1.82, 2.24) is 70.7 Å². The number of aromatic hydroxyl groups is 2. The molecule has 10 aromatic carbocycles. The molecule has 28 heteroatoms. The second-order valence-electron chi connectivity index (χ2n) is 37.5. The van der Waals surface area contributed by atoms with Crippen LogP contribution in [0.1, 0.15) is 170 Å². The van der Waals surface area contributed by atoms with E-state index in [0.29, 0.717) is 87.0 Å². The molecule has 18 aromatic rings. The minimum atomic E-state index is -4.56. The quantitative estimate of drug-likeness (QED) is 0.0188. The molecule has 0 fully saturated rings. The lowest BCUT2D eigenvalue weighted by Gasteiger charge is -2.22. The summed E-state index contributed by atoms with van der Waals surface area (Å²) >= 11 is 0. The van der Waals surface area contributed by atoms with Gasteiger partial charge in [-0.05, 0) is 254 Å². The van der Waals surface area contributed by atoms with Gasteiger partial charge in [-0.15, -0.1) is 0 Å². The van der Waals surface area contributed by atoms with Crippen LogP contribution in [0.5, 0.6) is 17.2 Å². The van der Waals surface area contributed by atoms with Gasteiger partial charge in [-0.1, -0.05) is 226 Å². The summed E-state index contributed by atoms with van der Waals surface area (Å²) in [6, 6.07) is 92.3. The van der Waals surface area contributed by atoms with Crippen LogP contribution < -0.4 is 26.0 Å². The van der Waals surface area contributed by atoms with E-state index in [1.54, 1.807) is 74.5 Å². The normalized spacial score (nSPS) is 13.0. The molecule has 8 aromatic heterocycles. The van der Waals surface area contributed by atoms with Crippen molar-refractivity contribution < 1.29 is 64.9 Å². The zero-order valence-electron chi connectivity index (χ0n) is 83.5. The molecule has 764 valence electrons. The molecule has 0 bridgehead atoms. The molecule has 8 heterocycles. The number of hydrogen-bond donors (Lipinski definition) is 8. The summed E-state index contributed by atoms with van der Waals surface area (Å²) < 4.78 is 104. The summed E-state index contributed by atoms with van der Waals surface area (Å²) in [4.78, 5) is 78.5. The maximum atomic E-state index is 14.0. The summed E-state index contributed by atoms with van der Waals surface area (Å²) in [7, 11) is 1.60. The van der Waals surface area contributed by atoms with Gasteiger partial charge in [-0.2, -0.15) is 36.5 Å².